The number of thioether (sulfide) groups is 1. The third-order valence-electron chi connectivity index (χ3n) is 4.70. The zero-order chi connectivity index (χ0) is 16.4. The van der Waals surface area contributed by atoms with Crippen molar-refractivity contribution in [2.24, 2.45) is 0 Å². The topological polar surface area (TPSA) is 32.7 Å². The molecule has 0 aromatic heterocycles. The van der Waals surface area contributed by atoms with Crippen molar-refractivity contribution >= 4 is 11.8 Å². The Kier molecular flexibility index (Phi) is 5.46. The first-order chi connectivity index (χ1) is 10.3. The number of nitrogens with zero attached hydrogens (tertiary/aromatic N) is 1. The van der Waals surface area contributed by atoms with E-state index in [2.05, 4.69) is 32.6 Å². The summed E-state index contributed by atoms with van der Waals surface area (Å²) < 4.78 is 5.84. The van der Waals surface area contributed by atoms with Crippen molar-refractivity contribution in [1.29, 1.82) is 0 Å². The van der Waals surface area contributed by atoms with Crippen LogP contribution < -0.4 is 4.74 Å². The maximum Gasteiger partial charge on any atom is 0.132 e. The molecule has 1 aromatic carbocycles. The minimum Gasteiger partial charge on any atom is -0.490 e. The van der Waals surface area contributed by atoms with E-state index in [0.29, 0.717) is 13.2 Å². The van der Waals surface area contributed by atoms with E-state index in [1.54, 1.807) is 11.8 Å². The van der Waals surface area contributed by atoms with Crippen LogP contribution in [0.3, 0.4) is 0 Å². The molecule has 1 N–H and O–H groups in total. The van der Waals surface area contributed by atoms with E-state index in [4.69, 9.17) is 4.74 Å². The summed E-state index contributed by atoms with van der Waals surface area (Å²) in [6, 6.07) is 7.97. The summed E-state index contributed by atoms with van der Waals surface area (Å²) in [5, 5.41) is 10.4. The zero-order valence-electron chi connectivity index (χ0n) is 14.4. The lowest BCUT2D eigenvalue weighted by Crippen LogP contribution is -2.52. The first kappa shape index (κ1) is 17.6. The van der Waals surface area contributed by atoms with Gasteiger partial charge >= 0.3 is 0 Å². The van der Waals surface area contributed by atoms with E-state index in [9.17, 15) is 5.11 Å². The minimum absolute atomic E-state index is 0.141. The fraction of sp³-hybridized carbons (Fsp3) is 0.667. The van der Waals surface area contributed by atoms with Gasteiger partial charge in [0.1, 0.15) is 18.5 Å². The molecular weight excluding hydrogens is 294 g/mol. The SMILES string of the molecule is CSc1ccccc1OCC(O)CN1C(C)(C)CCC1(C)C. The quantitative estimate of drug-likeness (QED) is 0.807. The highest BCUT2D eigenvalue weighted by atomic mass is 32.2. The monoisotopic (exact) mass is 323 g/mol. The molecule has 3 nitrogen and oxygen atoms in total. The second kappa shape index (κ2) is 6.81. The summed E-state index contributed by atoms with van der Waals surface area (Å²) in [6.45, 7) is 10.0. The number of rotatable bonds is 6. The van der Waals surface area contributed by atoms with Crippen molar-refractivity contribution in [3.8, 4) is 5.75 Å². The largest absolute Gasteiger partial charge is 0.490 e. The summed E-state index contributed by atoms with van der Waals surface area (Å²) in [4.78, 5) is 3.53. The molecule has 1 aliphatic rings. The van der Waals surface area contributed by atoms with Crippen LogP contribution in [-0.4, -0.2) is 46.6 Å². The van der Waals surface area contributed by atoms with Crippen LogP contribution in [0.2, 0.25) is 0 Å². The van der Waals surface area contributed by atoms with E-state index in [0.717, 1.165) is 10.6 Å². The Morgan fingerprint density at radius 3 is 2.36 bits per heavy atom. The highest BCUT2D eigenvalue weighted by Crippen LogP contribution is 2.40. The molecule has 4 heteroatoms. The number of ether oxygens (including phenoxy) is 1. The van der Waals surface area contributed by atoms with Gasteiger partial charge in [0.25, 0.3) is 0 Å². The van der Waals surface area contributed by atoms with Crippen molar-refractivity contribution < 1.29 is 9.84 Å². The molecule has 1 heterocycles. The Bertz CT molecular complexity index is 486. The van der Waals surface area contributed by atoms with Gasteiger partial charge < -0.3 is 9.84 Å². The Morgan fingerprint density at radius 2 is 1.77 bits per heavy atom. The molecule has 0 saturated carbocycles. The summed E-state index contributed by atoms with van der Waals surface area (Å²) in [6.07, 6.45) is 3.89. The highest BCUT2D eigenvalue weighted by Gasteiger charge is 2.44. The number of β-amino-alcohol motifs (C(OH)–C–C–N with tert-alkyl or cyclic N) is 1. The summed E-state index contributed by atoms with van der Waals surface area (Å²) in [7, 11) is 0. The molecule has 0 spiro atoms. The summed E-state index contributed by atoms with van der Waals surface area (Å²) >= 11 is 1.66. The van der Waals surface area contributed by atoms with Gasteiger partial charge in [0, 0.05) is 22.5 Å². The van der Waals surface area contributed by atoms with E-state index in [-0.39, 0.29) is 11.1 Å². The van der Waals surface area contributed by atoms with Crippen molar-refractivity contribution in [2.75, 3.05) is 19.4 Å². The van der Waals surface area contributed by atoms with Gasteiger partial charge in [-0.15, -0.1) is 11.8 Å². The lowest BCUT2D eigenvalue weighted by molar-refractivity contribution is 0.00493. The van der Waals surface area contributed by atoms with Crippen LogP contribution in [0.5, 0.6) is 5.75 Å². The van der Waals surface area contributed by atoms with Crippen LogP contribution in [0.1, 0.15) is 40.5 Å². The second-order valence-electron chi connectivity index (χ2n) is 7.35. The van der Waals surface area contributed by atoms with E-state index < -0.39 is 6.10 Å². The molecule has 124 valence electrons. The Labute approximate surface area is 139 Å². The minimum atomic E-state index is -0.480. The molecule has 1 aromatic rings. The van der Waals surface area contributed by atoms with Crippen molar-refractivity contribution in [1.82, 2.24) is 4.90 Å². The Balaban J connectivity index is 1.94. The molecule has 0 amide bonds. The van der Waals surface area contributed by atoms with Crippen LogP contribution >= 0.6 is 11.8 Å². The van der Waals surface area contributed by atoms with Gasteiger partial charge in [-0.1, -0.05) is 12.1 Å². The molecule has 0 bridgehead atoms. The van der Waals surface area contributed by atoms with E-state index in [1.165, 1.54) is 12.8 Å². The fourth-order valence-corrected chi connectivity index (χ4v) is 3.93. The number of hydrogen-bond acceptors (Lipinski definition) is 4. The fourth-order valence-electron chi connectivity index (χ4n) is 3.38. The number of hydrogen-bond donors (Lipinski definition) is 1. The molecule has 1 fully saturated rings. The molecule has 1 atom stereocenters. The van der Waals surface area contributed by atoms with Gasteiger partial charge in [0.15, 0.2) is 0 Å². The summed E-state index contributed by atoms with van der Waals surface area (Å²) in [5.74, 6) is 0.856. The predicted octanol–water partition coefficient (Wildman–Crippen LogP) is 3.80. The average molecular weight is 324 g/mol. The van der Waals surface area contributed by atoms with Gasteiger partial charge in [-0.3, -0.25) is 4.90 Å². The zero-order valence-corrected chi connectivity index (χ0v) is 15.2. The number of aliphatic hydroxyl groups is 1. The van der Waals surface area contributed by atoms with Gasteiger partial charge in [-0.05, 0) is 58.9 Å². The normalized spacial score (nSPS) is 21.7. The summed E-state index contributed by atoms with van der Waals surface area (Å²) in [5.41, 5.74) is 0.281. The van der Waals surface area contributed by atoms with Crippen LogP contribution in [-0.2, 0) is 0 Å². The van der Waals surface area contributed by atoms with Gasteiger partial charge in [0.2, 0.25) is 0 Å². The van der Waals surface area contributed by atoms with Crippen molar-refractivity contribution in [3.05, 3.63) is 24.3 Å². The molecule has 1 unspecified atom stereocenters. The third kappa shape index (κ3) is 3.98. The molecule has 0 radical (unpaired) electrons. The van der Waals surface area contributed by atoms with Crippen LogP contribution in [0.15, 0.2) is 29.2 Å². The number of aliphatic hydroxyl groups excluding tert-OH is 1. The lowest BCUT2D eigenvalue weighted by Gasteiger charge is -2.41. The first-order valence-electron chi connectivity index (χ1n) is 7.98. The van der Waals surface area contributed by atoms with Crippen LogP contribution in [0.4, 0.5) is 0 Å². The Hall–Kier alpha value is -0.710. The molecular formula is C18H29NO2S. The number of para-hydroxylation sites is 1. The second-order valence-corrected chi connectivity index (χ2v) is 8.20. The number of likely N-dealkylation sites (tertiary alicyclic amines) is 1. The Morgan fingerprint density at radius 1 is 1.18 bits per heavy atom. The lowest BCUT2D eigenvalue weighted by atomic mass is 10.0. The van der Waals surface area contributed by atoms with Crippen molar-refractivity contribution in [3.63, 3.8) is 0 Å². The predicted molar refractivity (Wildman–Crippen MR) is 93.8 cm³/mol. The first-order valence-corrected chi connectivity index (χ1v) is 9.20. The molecule has 1 saturated heterocycles. The van der Waals surface area contributed by atoms with Gasteiger partial charge in [-0.25, -0.2) is 0 Å². The molecule has 1 aliphatic heterocycles. The number of benzene rings is 1. The maximum atomic E-state index is 10.4. The highest BCUT2D eigenvalue weighted by molar-refractivity contribution is 7.98. The van der Waals surface area contributed by atoms with Crippen molar-refractivity contribution in [2.45, 2.75) is 62.6 Å². The van der Waals surface area contributed by atoms with E-state index in [1.807, 2.05) is 30.5 Å². The van der Waals surface area contributed by atoms with Gasteiger partial charge in [0.05, 0.1) is 0 Å². The standard InChI is InChI=1S/C18H29NO2S/c1-17(2)10-11-18(3,4)19(17)12-14(20)13-21-15-8-6-7-9-16(15)22-5/h6-9,14,20H,10-13H2,1-5H3. The maximum absolute atomic E-state index is 10.4. The van der Waals surface area contributed by atoms with Crippen LogP contribution in [0.25, 0.3) is 0 Å². The average Bonchev–Trinajstić information content (AvgIpc) is 2.68. The third-order valence-corrected chi connectivity index (χ3v) is 5.48. The van der Waals surface area contributed by atoms with Gasteiger partial charge in [-0.2, -0.15) is 0 Å². The van der Waals surface area contributed by atoms with E-state index >= 15 is 0 Å². The molecule has 2 rings (SSSR count). The molecule has 0 aliphatic carbocycles. The smallest absolute Gasteiger partial charge is 0.132 e. The van der Waals surface area contributed by atoms with Crippen LogP contribution in [0, 0.1) is 0 Å². The molecule has 22 heavy (non-hydrogen) atoms.